The van der Waals surface area contributed by atoms with E-state index in [1.54, 1.807) is 0 Å². The van der Waals surface area contributed by atoms with Crippen LogP contribution in [-0.4, -0.2) is 33.2 Å². The van der Waals surface area contributed by atoms with Crippen LogP contribution in [0.5, 0.6) is 5.75 Å². The Kier molecular flexibility index (Phi) is 3.51. The van der Waals surface area contributed by atoms with Gasteiger partial charge in [-0.3, -0.25) is 4.55 Å². The van der Waals surface area contributed by atoms with Gasteiger partial charge in [-0.25, -0.2) is 4.79 Å². The highest BCUT2D eigenvalue weighted by molar-refractivity contribution is 7.86. The maximum absolute atomic E-state index is 11.2. The summed E-state index contributed by atoms with van der Waals surface area (Å²) < 4.78 is 39.9. The highest BCUT2D eigenvalue weighted by Gasteiger charge is 2.18. The number of hydrogen-bond acceptors (Lipinski definition) is 5. The largest absolute Gasteiger partial charge is 0.495 e. The molecule has 0 saturated heterocycles. The minimum absolute atomic E-state index is 0.120. The van der Waals surface area contributed by atoms with E-state index in [1.165, 1.54) is 26.4 Å². The molecule has 0 bridgehead atoms. The van der Waals surface area contributed by atoms with Crippen LogP contribution in [0, 0.1) is 0 Å². The van der Waals surface area contributed by atoms with Gasteiger partial charge in [0.1, 0.15) is 10.6 Å². The van der Waals surface area contributed by atoms with Crippen molar-refractivity contribution >= 4 is 16.1 Å². The van der Waals surface area contributed by atoms with Gasteiger partial charge >= 0.3 is 5.97 Å². The lowest BCUT2D eigenvalue weighted by Crippen LogP contribution is -2.05. The van der Waals surface area contributed by atoms with E-state index in [2.05, 4.69) is 4.74 Å². The highest BCUT2D eigenvalue weighted by Crippen LogP contribution is 2.24. The zero-order valence-electron chi connectivity index (χ0n) is 8.63. The van der Waals surface area contributed by atoms with E-state index >= 15 is 0 Å². The van der Waals surface area contributed by atoms with Crippen LogP contribution in [-0.2, 0) is 14.9 Å². The third-order valence-electron chi connectivity index (χ3n) is 1.86. The first-order valence-electron chi connectivity index (χ1n) is 4.14. The maximum Gasteiger partial charge on any atom is 0.337 e. The van der Waals surface area contributed by atoms with Gasteiger partial charge in [0.15, 0.2) is 0 Å². The number of carbonyl (C=O) groups is 1. The molecule has 0 aliphatic rings. The summed E-state index contributed by atoms with van der Waals surface area (Å²) in [5, 5.41) is 0. The SMILES string of the molecule is COC(=O)c1ccc(S(=O)(=O)O)c(OC)c1. The van der Waals surface area contributed by atoms with E-state index in [-0.39, 0.29) is 11.3 Å². The molecular formula is C9H10O6S. The lowest BCUT2D eigenvalue weighted by Gasteiger charge is -2.07. The second-order valence-corrected chi connectivity index (χ2v) is 4.22. The Morgan fingerprint density at radius 3 is 2.38 bits per heavy atom. The van der Waals surface area contributed by atoms with Crippen LogP contribution in [0.15, 0.2) is 23.1 Å². The average Bonchev–Trinajstić information content (AvgIpc) is 2.25. The van der Waals surface area contributed by atoms with Crippen molar-refractivity contribution in [2.75, 3.05) is 14.2 Å². The van der Waals surface area contributed by atoms with Crippen LogP contribution in [0.2, 0.25) is 0 Å². The molecule has 1 rings (SSSR count). The zero-order chi connectivity index (χ0) is 12.3. The van der Waals surface area contributed by atoms with Gasteiger partial charge in [0.05, 0.1) is 19.8 Å². The fourth-order valence-corrected chi connectivity index (χ4v) is 1.76. The van der Waals surface area contributed by atoms with Gasteiger partial charge in [0.25, 0.3) is 10.1 Å². The predicted octanol–water partition coefficient (Wildman–Crippen LogP) is 0.728. The van der Waals surface area contributed by atoms with E-state index in [4.69, 9.17) is 9.29 Å². The molecule has 1 aromatic carbocycles. The third-order valence-corrected chi connectivity index (χ3v) is 2.76. The molecule has 88 valence electrons. The lowest BCUT2D eigenvalue weighted by molar-refractivity contribution is 0.0600. The third kappa shape index (κ3) is 2.50. The Morgan fingerprint density at radius 2 is 1.94 bits per heavy atom. The standard InChI is InChI=1S/C9H10O6S/c1-14-7-5-6(9(10)15-2)3-4-8(7)16(11,12)13/h3-5H,1-2H3,(H,11,12,13). The molecule has 1 aromatic rings. The van der Waals surface area contributed by atoms with Crippen molar-refractivity contribution in [3.8, 4) is 5.75 Å². The Bertz CT molecular complexity index is 505. The quantitative estimate of drug-likeness (QED) is 0.624. The monoisotopic (exact) mass is 246 g/mol. The Morgan fingerprint density at radius 1 is 1.31 bits per heavy atom. The first-order chi connectivity index (χ1) is 7.40. The summed E-state index contributed by atoms with van der Waals surface area (Å²) >= 11 is 0. The molecular weight excluding hydrogens is 236 g/mol. The summed E-state index contributed by atoms with van der Waals surface area (Å²) in [6.45, 7) is 0. The molecule has 0 heterocycles. The summed E-state index contributed by atoms with van der Waals surface area (Å²) in [6, 6.07) is 3.47. The summed E-state index contributed by atoms with van der Waals surface area (Å²) in [5.74, 6) is -0.745. The van der Waals surface area contributed by atoms with Crippen LogP contribution < -0.4 is 4.74 Å². The van der Waals surface area contributed by atoms with Crippen LogP contribution in [0.4, 0.5) is 0 Å². The maximum atomic E-state index is 11.2. The van der Waals surface area contributed by atoms with Crippen LogP contribution in [0.1, 0.15) is 10.4 Å². The van der Waals surface area contributed by atoms with E-state index in [1.807, 2.05) is 0 Å². The van der Waals surface area contributed by atoms with Gasteiger partial charge in [0.2, 0.25) is 0 Å². The van der Waals surface area contributed by atoms with Gasteiger partial charge < -0.3 is 9.47 Å². The van der Waals surface area contributed by atoms with Crippen LogP contribution in [0.25, 0.3) is 0 Å². The van der Waals surface area contributed by atoms with Crippen molar-refractivity contribution in [2.45, 2.75) is 4.90 Å². The van der Waals surface area contributed by atoms with Crippen molar-refractivity contribution in [3.63, 3.8) is 0 Å². The lowest BCUT2D eigenvalue weighted by atomic mass is 10.2. The fourth-order valence-electron chi connectivity index (χ4n) is 1.13. The van der Waals surface area contributed by atoms with Crippen molar-refractivity contribution < 1.29 is 27.2 Å². The van der Waals surface area contributed by atoms with Gasteiger partial charge in [-0.05, 0) is 18.2 Å². The molecule has 0 aliphatic heterocycles. The van der Waals surface area contributed by atoms with Crippen LogP contribution in [0.3, 0.4) is 0 Å². The number of carbonyl (C=O) groups excluding carboxylic acids is 1. The molecule has 0 saturated carbocycles. The van der Waals surface area contributed by atoms with Gasteiger partial charge in [0, 0.05) is 0 Å². The van der Waals surface area contributed by atoms with Crippen molar-refractivity contribution in [3.05, 3.63) is 23.8 Å². The van der Waals surface area contributed by atoms with Crippen molar-refractivity contribution in [1.82, 2.24) is 0 Å². The Balaban J connectivity index is 3.33. The summed E-state index contributed by atoms with van der Waals surface area (Å²) in [5.41, 5.74) is 0.131. The molecule has 7 heteroatoms. The van der Waals surface area contributed by atoms with Crippen molar-refractivity contribution in [2.24, 2.45) is 0 Å². The average molecular weight is 246 g/mol. The minimum Gasteiger partial charge on any atom is -0.495 e. The number of benzene rings is 1. The molecule has 0 amide bonds. The van der Waals surface area contributed by atoms with E-state index in [0.717, 1.165) is 6.07 Å². The number of ether oxygens (including phenoxy) is 2. The second kappa shape index (κ2) is 4.50. The topological polar surface area (TPSA) is 89.9 Å². The molecule has 16 heavy (non-hydrogen) atoms. The molecule has 0 aliphatic carbocycles. The summed E-state index contributed by atoms with van der Waals surface area (Å²) in [6.07, 6.45) is 0. The fraction of sp³-hybridized carbons (Fsp3) is 0.222. The smallest absolute Gasteiger partial charge is 0.337 e. The van der Waals surface area contributed by atoms with E-state index in [0.29, 0.717) is 0 Å². The predicted molar refractivity (Wildman–Crippen MR) is 54.1 cm³/mol. The summed E-state index contributed by atoms with van der Waals surface area (Å²) in [4.78, 5) is 10.8. The van der Waals surface area contributed by atoms with Crippen LogP contribution >= 0.6 is 0 Å². The first kappa shape index (κ1) is 12.5. The molecule has 6 nitrogen and oxygen atoms in total. The molecule has 0 aromatic heterocycles. The Labute approximate surface area is 92.5 Å². The number of methoxy groups -OCH3 is 2. The molecule has 0 unspecified atom stereocenters. The Hall–Kier alpha value is -1.60. The highest BCUT2D eigenvalue weighted by atomic mass is 32.2. The molecule has 0 spiro atoms. The number of hydrogen-bond donors (Lipinski definition) is 1. The molecule has 1 N–H and O–H groups in total. The van der Waals surface area contributed by atoms with Gasteiger partial charge in [-0.2, -0.15) is 8.42 Å². The molecule has 0 fully saturated rings. The summed E-state index contributed by atoms with van der Waals surface area (Å²) in [7, 11) is -1.94. The second-order valence-electron chi connectivity index (χ2n) is 2.83. The first-order valence-corrected chi connectivity index (χ1v) is 5.58. The van der Waals surface area contributed by atoms with Gasteiger partial charge in [-0.1, -0.05) is 0 Å². The van der Waals surface area contributed by atoms with E-state index in [9.17, 15) is 13.2 Å². The van der Waals surface area contributed by atoms with E-state index < -0.39 is 21.0 Å². The van der Waals surface area contributed by atoms with Crippen molar-refractivity contribution in [1.29, 1.82) is 0 Å². The normalized spacial score (nSPS) is 10.9. The number of esters is 1. The minimum atomic E-state index is -4.37. The zero-order valence-corrected chi connectivity index (χ0v) is 9.45. The molecule has 0 radical (unpaired) electrons. The van der Waals surface area contributed by atoms with Gasteiger partial charge in [-0.15, -0.1) is 0 Å². The molecule has 0 atom stereocenters. The number of rotatable bonds is 3.